The molecule has 1 atom stereocenters. The molecule has 4 nitrogen and oxygen atoms in total. The van der Waals surface area contributed by atoms with Gasteiger partial charge in [-0.3, -0.25) is 0 Å². The lowest BCUT2D eigenvalue weighted by atomic mass is 9.89. The number of nitrogens with two attached hydrogens (primary N) is 1. The molecule has 1 aromatic heterocycles. The molecule has 0 bridgehead atoms. The number of hydrogen-bond acceptors (Lipinski definition) is 4. The Morgan fingerprint density at radius 2 is 1.81 bits per heavy atom. The molecule has 142 valence electrons. The summed E-state index contributed by atoms with van der Waals surface area (Å²) in [5.74, 6) is 2.29. The second kappa shape index (κ2) is 7.98. The minimum absolute atomic E-state index is 0.341. The van der Waals surface area contributed by atoms with Crippen molar-refractivity contribution in [3.63, 3.8) is 0 Å². The summed E-state index contributed by atoms with van der Waals surface area (Å²) in [6.07, 6.45) is 0.885. The molecule has 0 aliphatic heterocycles. The number of aromatic nitrogens is 1. The largest absolute Gasteiger partial charge is 0.481 e. The minimum atomic E-state index is -0.596. The van der Waals surface area contributed by atoms with Crippen LogP contribution in [0, 0.1) is 5.92 Å². The quantitative estimate of drug-likeness (QED) is 0.683. The number of pyridine rings is 1. The number of nitrogens with zero attached hydrogens (tertiary/aromatic N) is 1. The van der Waals surface area contributed by atoms with Crippen LogP contribution in [0.1, 0.15) is 64.3 Å². The van der Waals surface area contributed by atoms with Crippen LogP contribution in [-0.4, -0.2) is 12.1 Å². The van der Waals surface area contributed by atoms with E-state index >= 15 is 0 Å². The molecule has 0 radical (unpaired) electrons. The first-order valence-corrected chi connectivity index (χ1v) is 9.32. The molecule has 0 aliphatic carbocycles. The average Bonchev–Trinajstić information content (AvgIpc) is 2.61. The van der Waals surface area contributed by atoms with Crippen molar-refractivity contribution in [1.82, 2.24) is 4.98 Å². The van der Waals surface area contributed by atoms with E-state index in [1.807, 2.05) is 38.1 Å². The SMILES string of the molecule is CCc1ccc(OC)nc1C(C)(C)Oc1ccc(N)cc1C(C)C(C)C. The number of rotatable bonds is 7. The van der Waals surface area contributed by atoms with Gasteiger partial charge in [0.1, 0.15) is 11.4 Å². The lowest BCUT2D eigenvalue weighted by Crippen LogP contribution is -2.29. The van der Waals surface area contributed by atoms with Gasteiger partial charge in [0.2, 0.25) is 5.88 Å². The highest BCUT2D eigenvalue weighted by atomic mass is 16.5. The Hall–Kier alpha value is -2.23. The fraction of sp³-hybridized carbons (Fsp3) is 0.500. The highest BCUT2D eigenvalue weighted by Crippen LogP contribution is 2.38. The van der Waals surface area contributed by atoms with Gasteiger partial charge in [-0.05, 0) is 61.4 Å². The third-order valence-corrected chi connectivity index (χ3v) is 5.00. The van der Waals surface area contributed by atoms with E-state index < -0.39 is 5.60 Å². The number of methoxy groups -OCH3 is 1. The highest BCUT2D eigenvalue weighted by Gasteiger charge is 2.29. The topological polar surface area (TPSA) is 57.4 Å². The summed E-state index contributed by atoms with van der Waals surface area (Å²) in [5, 5.41) is 0. The van der Waals surface area contributed by atoms with Crippen molar-refractivity contribution in [2.24, 2.45) is 5.92 Å². The molecule has 2 rings (SSSR count). The summed E-state index contributed by atoms with van der Waals surface area (Å²) in [4.78, 5) is 4.69. The van der Waals surface area contributed by atoms with Crippen LogP contribution < -0.4 is 15.2 Å². The summed E-state index contributed by atoms with van der Waals surface area (Å²) in [6.45, 7) is 12.9. The molecule has 1 unspecified atom stereocenters. The van der Waals surface area contributed by atoms with E-state index in [-0.39, 0.29) is 0 Å². The van der Waals surface area contributed by atoms with Gasteiger partial charge in [-0.25, -0.2) is 4.98 Å². The first-order chi connectivity index (χ1) is 12.2. The maximum absolute atomic E-state index is 6.51. The Balaban J connectivity index is 2.47. The maximum atomic E-state index is 6.51. The summed E-state index contributed by atoms with van der Waals surface area (Å²) in [5.41, 5.74) is 9.39. The van der Waals surface area contributed by atoms with Crippen LogP contribution in [0.25, 0.3) is 0 Å². The van der Waals surface area contributed by atoms with Crippen LogP contribution in [0.4, 0.5) is 5.69 Å². The van der Waals surface area contributed by atoms with Gasteiger partial charge < -0.3 is 15.2 Å². The lowest BCUT2D eigenvalue weighted by Gasteiger charge is -2.31. The molecular formula is C22H32N2O2. The van der Waals surface area contributed by atoms with Crippen molar-refractivity contribution in [2.75, 3.05) is 12.8 Å². The van der Waals surface area contributed by atoms with E-state index in [9.17, 15) is 0 Å². The van der Waals surface area contributed by atoms with E-state index in [0.717, 1.165) is 34.7 Å². The van der Waals surface area contributed by atoms with Crippen LogP contribution >= 0.6 is 0 Å². The van der Waals surface area contributed by atoms with E-state index in [4.69, 9.17) is 15.2 Å². The maximum Gasteiger partial charge on any atom is 0.213 e. The Bertz CT molecular complexity index is 754. The third-order valence-electron chi connectivity index (χ3n) is 5.00. The van der Waals surface area contributed by atoms with E-state index in [1.54, 1.807) is 7.11 Å². The molecule has 4 heteroatoms. The van der Waals surface area contributed by atoms with Crippen molar-refractivity contribution >= 4 is 5.69 Å². The van der Waals surface area contributed by atoms with Gasteiger partial charge in [-0.1, -0.05) is 33.8 Å². The van der Waals surface area contributed by atoms with E-state index in [1.165, 1.54) is 0 Å². The van der Waals surface area contributed by atoms with Crippen molar-refractivity contribution in [1.29, 1.82) is 0 Å². The van der Waals surface area contributed by atoms with Gasteiger partial charge in [0.25, 0.3) is 0 Å². The minimum Gasteiger partial charge on any atom is -0.481 e. The van der Waals surface area contributed by atoms with Crippen LogP contribution in [0.2, 0.25) is 0 Å². The predicted molar refractivity (Wildman–Crippen MR) is 108 cm³/mol. The van der Waals surface area contributed by atoms with Crippen molar-refractivity contribution in [3.8, 4) is 11.6 Å². The number of anilines is 1. The summed E-state index contributed by atoms with van der Waals surface area (Å²) < 4.78 is 11.8. The summed E-state index contributed by atoms with van der Waals surface area (Å²) >= 11 is 0. The molecule has 2 N–H and O–H groups in total. The Labute approximate surface area is 157 Å². The van der Waals surface area contributed by atoms with Crippen molar-refractivity contribution in [2.45, 2.75) is 59.5 Å². The second-order valence-corrected chi connectivity index (χ2v) is 7.66. The molecule has 0 aliphatic rings. The molecule has 0 spiro atoms. The number of hydrogen-bond donors (Lipinski definition) is 1. The molecule has 26 heavy (non-hydrogen) atoms. The zero-order valence-electron chi connectivity index (χ0n) is 17.1. The standard InChI is InChI=1S/C22H32N2O2/c1-8-16-9-12-20(25-7)24-21(16)22(5,6)26-19-11-10-17(23)13-18(19)15(4)14(2)3/h9-15H,8,23H2,1-7H3. The number of aryl methyl sites for hydroxylation is 1. The molecule has 1 heterocycles. The molecule has 0 saturated heterocycles. The summed E-state index contributed by atoms with van der Waals surface area (Å²) in [6, 6.07) is 9.84. The Morgan fingerprint density at radius 1 is 1.12 bits per heavy atom. The van der Waals surface area contributed by atoms with Crippen LogP contribution in [0.3, 0.4) is 0 Å². The van der Waals surface area contributed by atoms with Gasteiger partial charge in [-0.15, -0.1) is 0 Å². The number of benzene rings is 1. The van der Waals surface area contributed by atoms with Gasteiger partial charge in [0.15, 0.2) is 0 Å². The smallest absolute Gasteiger partial charge is 0.213 e. The fourth-order valence-electron chi connectivity index (χ4n) is 3.09. The molecular weight excluding hydrogens is 324 g/mol. The van der Waals surface area contributed by atoms with E-state index in [2.05, 4.69) is 38.7 Å². The third kappa shape index (κ3) is 4.29. The number of ether oxygens (including phenoxy) is 2. The average molecular weight is 357 g/mol. The van der Waals surface area contributed by atoms with Crippen molar-refractivity contribution in [3.05, 3.63) is 47.2 Å². The first-order valence-electron chi connectivity index (χ1n) is 9.32. The molecule has 0 amide bonds. The number of nitrogen functional groups attached to an aromatic ring is 1. The molecule has 0 fully saturated rings. The molecule has 1 aromatic carbocycles. The van der Waals surface area contributed by atoms with Gasteiger partial charge in [-0.2, -0.15) is 0 Å². The Morgan fingerprint density at radius 3 is 2.38 bits per heavy atom. The van der Waals surface area contributed by atoms with Crippen molar-refractivity contribution < 1.29 is 9.47 Å². The fourth-order valence-corrected chi connectivity index (χ4v) is 3.09. The van der Waals surface area contributed by atoms with Gasteiger partial charge >= 0.3 is 0 Å². The lowest BCUT2D eigenvalue weighted by molar-refractivity contribution is 0.0996. The highest BCUT2D eigenvalue weighted by molar-refractivity contribution is 5.50. The zero-order valence-corrected chi connectivity index (χ0v) is 17.1. The zero-order chi connectivity index (χ0) is 19.5. The Kier molecular flexibility index (Phi) is 6.17. The molecule has 2 aromatic rings. The first kappa shape index (κ1) is 20.1. The van der Waals surface area contributed by atoms with E-state index in [0.29, 0.717) is 17.7 Å². The van der Waals surface area contributed by atoms with Crippen LogP contribution in [0.5, 0.6) is 11.6 Å². The second-order valence-electron chi connectivity index (χ2n) is 7.66. The van der Waals surface area contributed by atoms with Gasteiger partial charge in [0.05, 0.1) is 12.8 Å². The predicted octanol–water partition coefficient (Wildman–Crippen LogP) is 5.31. The monoisotopic (exact) mass is 356 g/mol. The van der Waals surface area contributed by atoms with Crippen LogP contribution in [-0.2, 0) is 12.0 Å². The normalized spacial score (nSPS) is 12.9. The van der Waals surface area contributed by atoms with Crippen LogP contribution in [0.15, 0.2) is 30.3 Å². The molecule has 0 saturated carbocycles. The summed E-state index contributed by atoms with van der Waals surface area (Å²) in [7, 11) is 1.63. The van der Waals surface area contributed by atoms with Gasteiger partial charge in [0, 0.05) is 11.8 Å².